The molecule has 0 spiro atoms. The largest absolute Gasteiger partial charge is 0.489 e. The molecule has 3 N–H and O–H groups in total. The first kappa shape index (κ1) is 9.32. The van der Waals surface area contributed by atoms with Gasteiger partial charge in [-0.25, -0.2) is 0 Å². The molecular formula is C10H12N2O. The zero-order chi connectivity index (χ0) is 9.68. The van der Waals surface area contributed by atoms with Gasteiger partial charge in [-0.1, -0.05) is 24.8 Å². The molecule has 0 saturated carbocycles. The van der Waals surface area contributed by atoms with Crippen molar-refractivity contribution in [1.29, 1.82) is 5.41 Å². The van der Waals surface area contributed by atoms with Gasteiger partial charge < -0.3 is 10.5 Å². The van der Waals surface area contributed by atoms with Crippen LogP contribution in [0.2, 0.25) is 0 Å². The van der Waals surface area contributed by atoms with E-state index in [9.17, 15) is 0 Å². The van der Waals surface area contributed by atoms with Gasteiger partial charge in [0.05, 0.1) is 5.56 Å². The number of hydrogen-bond acceptors (Lipinski definition) is 2. The number of rotatable bonds is 4. The molecule has 0 saturated heterocycles. The molecule has 13 heavy (non-hydrogen) atoms. The average Bonchev–Trinajstić information content (AvgIpc) is 2.15. The van der Waals surface area contributed by atoms with Crippen LogP contribution in [-0.2, 0) is 0 Å². The topological polar surface area (TPSA) is 59.1 Å². The highest BCUT2D eigenvalue weighted by Gasteiger charge is 2.03. The summed E-state index contributed by atoms with van der Waals surface area (Å²) in [7, 11) is 0. The molecule has 0 radical (unpaired) electrons. The number of hydrogen-bond donors (Lipinski definition) is 2. The van der Waals surface area contributed by atoms with E-state index in [0.717, 1.165) is 0 Å². The second kappa shape index (κ2) is 4.30. The van der Waals surface area contributed by atoms with Crippen molar-refractivity contribution in [1.82, 2.24) is 0 Å². The third-order valence-corrected chi connectivity index (χ3v) is 1.53. The first-order valence-electron chi connectivity index (χ1n) is 3.93. The van der Waals surface area contributed by atoms with Gasteiger partial charge in [-0.2, -0.15) is 0 Å². The van der Waals surface area contributed by atoms with Crippen molar-refractivity contribution in [2.75, 3.05) is 6.61 Å². The van der Waals surface area contributed by atoms with Gasteiger partial charge in [0.15, 0.2) is 0 Å². The number of nitrogen functional groups attached to an aromatic ring is 1. The van der Waals surface area contributed by atoms with Crippen LogP contribution in [0.3, 0.4) is 0 Å². The summed E-state index contributed by atoms with van der Waals surface area (Å²) in [6.45, 7) is 3.96. The number of ether oxygens (including phenoxy) is 1. The predicted octanol–water partition coefficient (Wildman–Crippen LogP) is 1.54. The molecular weight excluding hydrogens is 164 g/mol. The number of amidine groups is 1. The van der Waals surface area contributed by atoms with E-state index in [2.05, 4.69) is 6.58 Å². The Morgan fingerprint density at radius 2 is 2.23 bits per heavy atom. The van der Waals surface area contributed by atoms with Crippen molar-refractivity contribution in [3.05, 3.63) is 42.5 Å². The predicted molar refractivity (Wildman–Crippen MR) is 53.2 cm³/mol. The first-order chi connectivity index (χ1) is 6.25. The molecule has 1 aromatic carbocycles. The molecule has 0 aliphatic rings. The molecule has 0 amide bonds. The Hall–Kier alpha value is -1.77. The lowest BCUT2D eigenvalue weighted by molar-refractivity contribution is 0.362. The Labute approximate surface area is 77.3 Å². The lowest BCUT2D eigenvalue weighted by Crippen LogP contribution is -2.12. The van der Waals surface area contributed by atoms with Gasteiger partial charge in [-0.05, 0) is 12.1 Å². The molecule has 0 heterocycles. The van der Waals surface area contributed by atoms with E-state index in [1.54, 1.807) is 18.2 Å². The molecule has 0 bridgehead atoms. The van der Waals surface area contributed by atoms with Crippen LogP contribution in [0.15, 0.2) is 36.9 Å². The maximum atomic E-state index is 7.28. The molecule has 0 aliphatic carbocycles. The second-order valence-corrected chi connectivity index (χ2v) is 2.51. The maximum absolute atomic E-state index is 7.28. The third-order valence-electron chi connectivity index (χ3n) is 1.53. The van der Waals surface area contributed by atoms with Gasteiger partial charge in [0.2, 0.25) is 0 Å². The highest BCUT2D eigenvalue weighted by Crippen LogP contribution is 2.16. The fraction of sp³-hybridized carbons (Fsp3) is 0.100. The van der Waals surface area contributed by atoms with Gasteiger partial charge in [0.25, 0.3) is 0 Å². The summed E-state index contributed by atoms with van der Waals surface area (Å²) in [6, 6.07) is 7.18. The molecule has 0 unspecified atom stereocenters. The molecule has 1 aromatic rings. The Morgan fingerprint density at radius 3 is 2.85 bits per heavy atom. The minimum Gasteiger partial charge on any atom is -0.489 e. The Balaban J connectivity index is 2.90. The van der Waals surface area contributed by atoms with Gasteiger partial charge in [-0.3, -0.25) is 5.41 Å². The Bertz CT molecular complexity index is 320. The van der Waals surface area contributed by atoms with Crippen molar-refractivity contribution in [3.8, 4) is 5.75 Å². The Morgan fingerprint density at radius 1 is 1.54 bits per heavy atom. The molecule has 0 atom stereocenters. The zero-order valence-electron chi connectivity index (χ0n) is 7.29. The number of nitrogens with two attached hydrogens (primary N) is 1. The van der Waals surface area contributed by atoms with Gasteiger partial charge in [-0.15, -0.1) is 0 Å². The summed E-state index contributed by atoms with van der Waals surface area (Å²) >= 11 is 0. The van der Waals surface area contributed by atoms with E-state index in [-0.39, 0.29) is 5.84 Å². The van der Waals surface area contributed by atoms with Crippen LogP contribution >= 0.6 is 0 Å². The molecule has 0 fully saturated rings. The number of nitrogens with one attached hydrogen (secondary N) is 1. The van der Waals surface area contributed by atoms with Gasteiger partial charge in [0.1, 0.15) is 18.2 Å². The minimum absolute atomic E-state index is 0.0136. The highest BCUT2D eigenvalue weighted by molar-refractivity contribution is 5.97. The van der Waals surface area contributed by atoms with Gasteiger partial charge >= 0.3 is 0 Å². The van der Waals surface area contributed by atoms with E-state index in [4.69, 9.17) is 15.9 Å². The van der Waals surface area contributed by atoms with E-state index < -0.39 is 0 Å². The van der Waals surface area contributed by atoms with Gasteiger partial charge in [0, 0.05) is 0 Å². The van der Waals surface area contributed by atoms with Crippen LogP contribution in [0.5, 0.6) is 5.75 Å². The average molecular weight is 176 g/mol. The second-order valence-electron chi connectivity index (χ2n) is 2.51. The van der Waals surface area contributed by atoms with Crippen molar-refractivity contribution in [2.24, 2.45) is 5.73 Å². The van der Waals surface area contributed by atoms with Crippen LogP contribution in [0.1, 0.15) is 5.56 Å². The fourth-order valence-electron chi connectivity index (χ4n) is 0.964. The summed E-state index contributed by atoms with van der Waals surface area (Å²) in [5, 5.41) is 7.28. The van der Waals surface area contributed by atoms with Crippen LogP contribution in [-0.4, -0.2) is 12.4 Å². The van der Waals surface area contributed by atoms with E-state index >= 15 is 0 Å². The number of benzene rings is 1. The highest BCUT2D eigenvalue weighted by atomic mass is 16.5. The summed E-state index contributed by atoms with van der Waals surface area (Å²) < 4.78 is 5.31. The van der Waals surface area contributed by atoms with Crippen molar-refractivity contribution in [2.45, 2.75) is 0 Å². The lowest BCUT2D eigenvalue weighted by Gasteiger charge is -2.07. The summed E-state index contributed by atoms with van der Waals surface area (Å²) in [4.78, 5) is 0. The van der Waals surface area contributed by atoms with E-state index in [1.807, 2.05) is 12.1 Å². The fourth-order valence-corrected chi connectivity index (χ4v) is 0.964. The molecule has 68 valence electrons. The maximum Gasteiger partial charge on any atom is 0.130 e. The van der Waals surface area contributed by atoms with Crippen LogP contribution in [0, 0.1) is 5.41 Å². The molecule has 1 rings (SSSR count). The number of para-hydroxylation sites is 1. The standard InChI is InChI=1S/C10H12N2O/c1-2-7-13-9-6-4-3-5-8(9)10(11)12/h2-6H,1,7H2,(H3,11,12). The zero-order valence-corrected chi connectivity index (χ0v) is 7.29. The summed E-state index contributed by atoms with van der Waals surface area (Å²) in [5.74, 6) is 0.634. The quantitative estimate of drug-likeness (QED) is 0.415. The smallest absolute Gasteiger partial charge is 0.130 e. The molecule has 0 aromatic heterocycles. The lowest BCUT2D eigenvalue weighted by atomic mass is 10.2. The van der Waals surface area contributed by atoms with Crippen molar-refractivity contribution < 1.29 is 4.74 Å². The SMILES string of the molecule is C=CCOc1ccccc1C(=N)N. The molecule has 0 aliphatic heterocycles. The third kappa shape index (κ3) is 2.33. The van der Waals surface area contributed by atoms with Crippen molar-refractivity contribution >= 4 is 5.84 Å². The monoisotopic (exact) mass is 176 g/mol. The normalized spacial score (nSPS) is 9.23. The summed E-state index contributed by atoms with van der Waals surface area (Å²) in [5.41, 5.74) is 5.98. The van der Waals surface area contributed by atoms with E-state index in [1.165, 1.54) is 0 Å². The molecule has 3 nitrogen and oxygen atoms in total. The van der Waals surface area contributed by atoms with Crippen LogP contribution < -0.4 is 10.5 Å². The van der Waals surface area contributed by atoms with Crippen LogP contribution in [0.25, 0.3) is 0 Å². The Kier molecular flexibility index (Phi) is 3.09. The minimum atomic E-state index is 0.0136. The first-order valence-corrected chi connectivity index (χ1v) is 3.93. The van der Waals surface area contributed by atoms with Crippen LogP contribution in [0.4, 0.5) is 0 Å². The van der Waals surface area contributed by atoms with E-state index in [0.29, 0.717) is 17.9 Å². The molecule has 3 heteroatoms. The summed E-state index contributed by atoms with van der Waals surface area (Å²) in [6.07, 6.45) is 1.65. The van der Waals surface area contributed by atoms with Crippen molar-refractivity contribution in [3.63, 3.8) is 0 Å².